The standard InChI is InChI=1S/C22H35N5O4.HI/c1-3-30-22(28)27-10-8-26(9-11-27)21(23-2)24-18-19-6-4-5-7-20(19)31-17-14-25-12-15-29-16-13-25;/h4-7H,3,8-18H2,1-2H3,(H,23,24);1H. The number of nitrogens with zero attached hydrogens (tertiary/aromatic N) is 4. The van der Waals surface area contributed by atoms with Gasteiger partial charge in [0, 0.05) is 65.0 Å². The molecule has 180 valence electrons. The first kappa shape index (κ1) is 26.5. The Morgan fingerprint density at radius 1 is 1.09 bits per heavy atom. The smallest absolute Gasteiger partial charge is 0.409 e. The van der Waals surface area contributed by atoms with Crippen molar-refractivity contribution >= 4 is 36.0 Å². The van der Waals surface area contributed by atoms with E-state index in [1.165, 1.54) is 0 Å². The molecule has 3 rings (SSSR count). The number of carbonyl (C=O) groups is 1. The van der Waals surface area contributed by atoms with Crippen LogP contribution in [0.3, 0.4) is 0 Å². The van der Waals surface area contributed by atoms with Gasteiger partial charge in [0.05, 0.1) is 19.8 Å². The van der Waals surface area contributed by atoms with E-state index in [2.05, 4.69) is 26.2 Å². The van der Waals surface area contributed by atoms with Crippen molar-refractivity contribution in [1.82, 2.24) is 20.0 Å². The van der Waals surface area contributed by atoms with E-state index in [0.717, 1.165) is 63.2 Å². The normalized spacial score (nSPS) is 17.5. The summed E-state index contributed by atoms with van der Waals surface area (Å²) in [6.07, 6.45) is -0.242. The highest BCUT2D eigenvalue weighted by molar-refractivity contribution is 14.0. The number of carbonyl (C=O) groups excluding carboxylic acids is 1. The Morgan fingerprint density at radius 3 is 2.47 bits per heavy atom. The first-order chi connectivity index (χ1) is 15.2. The molecule has 0 aromatic heterocycles. The van der Waals surface area contributed by atoms with Crippen molar-refractivity contribution in [2.75, 3.05) is 79.3 Å². The van der Waals surface area contributed by atoms with Crippen LogP contribution in [0.25, 0.3) is 0 Å². The maximum atomic E-state index is 11.9. The number of guanidine groups is 1. The van der Waals surface area contributed by atoms with Gasteiger partial charge in [0.15, 0.2) is 5.96 Å². The number of benzene rings is 1. The molecule has 0 saturated carbocycles. The summed E-state index contributed by atoms with van der Waals surface area (Å²) in [6.45, 7) is 10.6. The van der Waals surface area contributed by atoms with E-state index in [4.69, 9.17) is 14.2 Å². The molecule has 2 aliphatic rings. The third-order valence-electron chi connectivity index (χ3n) is 5.50. The molecule has 0 aliphatic carbocycles. The first-order valence-electron chi connectivity index (χ1n) is 11.1. The van der Waals surface area contributed by atoms with E-state index < -0.39 is 0 Å². The van der Waals surface area contributed by atoms with E-state index in [1.54, 1.807) is 11.9 Å². The van der Waals surface area contributed by atoms with Crippen molar-refractivity contribution in [2.45, 2.75) is 13.5 Å². The molecule has 0 bridgehead atoms. The number of halogens is 1. The molecule has 0 spiro atoms. The number of para-hydroxylation sites is 1. The Hall–Kier alpha value is -1.79. The lowest BCUT2D eigenvalue weighted by molar-refractivity contribution is 0.0322. The minimum absolute atomic E-state index is 0. The second-order valence-electron chi connectivity index (χ2n) is 7.48. The molecule has 2 fully saturated rings. The molecule has 9 nitrogen and oxygen atoms in total. The molecule has 1 aromatic carbocycles. The summed E-state index contributed by atoms with van der Waals surface area (Å²) < 4.78 is 16.6. The molecule has 0 unspecified atom stereocenters. The molecule has 2 saturated heterocycles. The van der Waals surface area contributed by atoms with E-state index in [9.17, 15) is 4.79 Å². The number of hydrogen-bond donors (Lipinski definition) is 1. The van der Waals surface area contributed by atoms with Gasteiger partial charge in [0.2, 0.25) is 0 Å². The Morgan fingerprint density at radius 2 is 1.78 bits per heavy atom. The third kappa shape index (κ3) is 7.96. The summed E-state index contributed by atoms with van der Waals surface area (Å²) >= 11 is 0. The highest BCUT2D eigenvalue weighted by Crippen LogP contribution is 2.18. The lowest BCUT2D eigenvalue weighted by Crippen LogP contribution is -2.53. The van der Waals surface area contributed by atoms with Gasteiger partial charge in [-0.1, -0.05) is 18.2 Å². The molecule has 1 amide bonds. The summed E-state index contributed by atoms with van der Waals surface area (Å²) in [5.41, 5.74) is 1.09. The molecule has 0 radical (unpaired) electrons. The van der Waals surface area contributed by atoms with Gasteiger partial charge in [-0.25, -0.2) is 4.79 Å². The fraction of sp³-hybridized carbons (Fsp3) is 0.636. The van der Waals surface area contributed by atoms with Crippen LogP contribution in [0.1, 0.15) is 12.5 Å². The van der Waals surface area contributed by atoms with Gasteiger partial charge < -0.3 is 29.3 Å². The second-order valence-corrected chi connectivity index (χ2v) is 7.48. The summed E-state index contributed by atoms with van der Waals surface area (Å²) in [4.78, 5) is 22.6. The zero-order chi connectivity index (χ0) is 21.9. The molecular weight excluding hydrogens is 525 g/mol. The van der Waals surface area contributed by atoms with Gasteiger partial charge in [0.25, 0.3) is 0 Å². The first-order valence-corrected chi connectivity index (χ1v) is 11.1. The zero-order valence-corrected chi connectivity index (χ0v) is 21.5. The number of amides is 1. The third-order valence-corrected chi connectivity index (χ3v) is 5.50. The quantitative estimate of drug-likeness (QED) is 0.310. The molecule has 2 heterocycles. The molecule has 2 aliphatic heterocycles. The van der Waals surface area contributed by atoms with Crippen molar-refractivity contribution in [3.05, 3.63) is 29.8 Å². The van der Waals surface area contributed by atoms with Gasteiger partial charge in [-0.2, -0.15) is 0 Å². The van der Waals surface area contributed by atoms with Crippen molar-refractivity contribution in [1.29, 1.82) is 0 Å². The van der Waals surface area contributed by atoms with Crippen molar-refractivity contribution in [3.63, 3.8) is 0 Å². The van der Waals surface area contributed by atoms with Crippen molar-refractivity contribution in [2.24, 2.45) is 4.99 Å². The number of morpholine rings is 1. The Bertz CT molecular complexity index is 722. The lowest BCUT2D eigenvalue weighted by atomic mass is 10.2. The van der Waals surface area contributed by atoms with E-state index >= 15 is 0 Å². The summed E-state index contributed by atoms with van der Waals surface area (Å²) in [6, 6.07) is 8.10. The largest absolute Gasteiger partial charge is 0.492 e. The zero-order valence-electron chi connectivity index (χ0n) is 19.1. The van der Waals surface area contributed by atoms with Crippen LogP contribution in [0.2, 0.25) is 0 Å². The SMILES string of the molecule is CCOC(=O)N1CCN(C(=NC)NCc2ccccc2OCCN2CCOCC2)CC1.I. The van der Waals surface area contributed by atoms with E-state index in [-0.39, 0.29) is 30.1 Å². The number of aliphatic imine (C=N–C) groups is 1. The van der Waals surface area contributed by atoms with Crippen LogP contribution >= 0.6 is 24.0 Å². The summed E-state index contributed by atoms with van der Waals surface area (Å²) in [5, 5.41) is 3.44. The van der Waals surface area contributed by atoms with Gasteiger partial charge in [-0.3, -0.25) is 9.89 Å². The van der Waals surface area contributed by atoms with Gasteiger partial charge in [-0.15, -0.1) is 24.0 Å². The number of piperazine rings is 1. The number of nitrogens with one attached hydrogen (secondary N) is 1. The molecule has 1 aromatic rings. The van der Waals surface area contributed by atoms with Crippen LogP contribution in [0.5, 0.6) is 5.75 Å². The molecule has 10 heteroatoms. The van der Waals surface area contributed by atoms with Gasteiger partial charge >= 0.3 is 6.09 Å². The van der Waals surface area contributed by atoms with Gasteiger partial charge in [0.1, 0.15) is 12.4 Å². The number of hydrogen-bond acceptors (Lipinski definition) is 6. The maximum Gasteiger partial charge on any atom is 0.409 e. The topological polar surface area (TPSA) is 78.9 Å². The summed E-state index contributed by atoms with van der Waals surface area (Å²) in [5.74, 6) is 1.72. The minimum Gasteiger partial charge on any atom is -0.492 e. The predicted molar refractivity (Wildman–Crippen MR) is 135 cm³/mol. The average Bonchev–Trinajstić information content (AvgIpc) is 2.81. The molecular formula is C22H36IN5O4. The molecule has 1 N–H and O–H groups in total. The maximum absolute atomic E-state index is 11.9. The van der Waals surface area contributed by atoms with Crippen LogP contribution in [-0.4, -0.2) is 106 Å². The van der Waals surface area contributed by atoms with Crippen LogP contribution in [-0.2, 0) is 16.0 Å². The highest BCUT2D eigenvalue weighted by Gasteiger charge is 2.23. The minimum atomic E-state index is -0.242. The van der Waals surface area contributed by atoms with Gasteiger partial charge in [-0.05, 0) is 13.0 Å². The lowest BCUT2D eigenvalue weighted by Gasteiger charge is -2.35. The Kier molecular flexibility index (Phi) is 11.9. The van der Waals surface area contributed by atoms with Crippen LogP contribution in [0.15, 0.2) is 29.3 Å². The molecule has 32 heavy (non-hydrogen) atoms. The number of ether oxygens (including phenoxy) is 3. The number of rotatable bonds is 7. The average molecular weight is 561 g/mol. The fourth-order valence-electron chi connectivity index (χ4n) is 3.72. The second kappa shape index (κ2) is 14.4. The predicted octanol–water partition coefficient (Wildman–Crippen LogP) is 1.87. The Balaban J connectivity index is 0.00000363. The van der Waals surface area contributed by atoms with Crippen molar-refractivity contribution < 1.29 is 19.0 Å². The van der Waals surface area contributed by atoms with Crippen LogP contribution in [0, 0.1) is 0 Å². The van der Waals surface area contributed by atoms with Crippen molar-refractivity contribution in [3.8, 4) is 5.75 Å². The van der Waals surface area contributed by atoms with Crippen LogP contribution in [0.4, 0.5) is 4.79 Å². The fourth-order valence-corrected chi connectivity index (χ4v) is 3.72. The van der Waals surface area contributed by atoms with E-state index in [0.29, 0.717) is 32.8 Å². The highest BCUT2D eigenvalue weighted by atomic mass is 127. The van der Waals surface area contributed by atoms with Crippen LogP contribution < -0.4 is 10.1 Å². The summed E-state index contributed by atoms with van der Waals surface area (Å²) in [7, 11) is 1.78. The molecule has 0 atom stereocenters. The van der Waals surface area contributed by atoms with E-state index in [1.807, 2.05) is 25.1 Å². The monoisotopic (exact) mass is 561 g/mol. The Labute approximate surface area is 208 Å².